The van der Waals surface area contributed by atoms with Crippen LogP contribution < -0.4 is 5.56 Å². The third-order valence-corrected chi connectivity index (χ3v) is 5.68. The van der Waals surface area contributed by atoms with E-state index in [9.17, 15) is 13.6 Å². The van der Waals surface area contributed by atoms with Gasteiger partial charge in [-0.1, -0.05) is 18.2 Å². The smallest absolute Gasteiger partial charge is 0.282 e. The summed E-state index contributed by atoms with van der Waals surface area (Å²) in [5.74, 6) is -1.39. The van der Waals surface area contributed by atoms with Crippen molar-refractivity contribution in [3.63, 3.8) is 0 Å². The molecule has 0 saturated heterocycles. The maximum Gasteiger partial charge on any atom is 0.282 e. The van der Waals surface area contributed by atoms with E-state index in [2.05, 4.69) is 11.2 Å². The summed E-state index contributed by atoms with van der Waals surface area (Å²) < 4.78 is 31.2. The molecule has 0 N–H and O–H groups in total. The minimum Gasteiger partial charge on any atom is -0.328 e. The van der Waals surface area contributed by atoms with Crippen LogP contribution in [0, 0.1) is 29.9 Å². The summed E-state index contributed by atoms with van der Waals surface area (Å²) in [4.78, 5) is 13.2. The third-order valence-electron chi connectivity index (χ3n) is 5.68. The van der Waals surface area contributed by atoms with E-state index in [1.807, 2.05) is 24.3 Å². The Morgan fingerprint density at radius 1 is 0.969 bits per heavy atom. The molecule has 2 heterocycles. The highest BCUT2D eigenvalue weighted by Crippen LogP contribution is 2.32. The van der Waals surface area contributed by atoms with Crippen LogP contribution in [0.3, 0.4) is 0 Å². The largest absolute Gasteiger partial charge is 0.328 e. The van der Waals surface area contributed by atoms with E-state index in [1.165, 1.54) is 16.6 Å². The molecule has 2 aromatic heterocycles. The molecule has 0 saturated carbocycles. The van der Waals surface area contributed by atoms with Crippen molar-refractivity contribution in [3.8, 4) is 28.3 Å². The molecule has 0 spiro atoms. The highest BCUT2D eigenvalue weighted by Gasteiger charge is 2.21. The lowest BCUT2D eigenvalue weighted by atomic mass is 10.0. The molecule has 0 atom stereocenters. The fraction of sp³-hybridized carbons (Fsp3) is 0.0800. The monoisotopic (exact) mass is 426 g/mol. The fourth-order valence-corrected chi connectivity index (χ4v) is 4.11. The van der Waals surface area contributed by atoms with Gasteiger partial charge in [0.15, 0.2) is 0 Å². The normalized spacial score (nSPS) is 11.2. The SMILES string of the molecule is Cc1nn2c(=O)c3ccc(-c4ccc(C#N)cc4)cc3n(C)c2c1-c1ccc(F)cc1F. The number of benzene rings is 3. The highest BCUT2D eigenvalue weighted by atomic mass is 19.1. The van der Waals surface area contributed by atoms with Gasteiger partial charge in [-0.2, -0.15) is 14.9 Å². The van der Waals surface area contributed by atoms with Gasteiger partial charge in [0, 0.05) is 18.7 Å². The molecule has 0 unspecified atom stereocenters. The number of nitrogens with zero attached hydrogens (tertiary/aromatic N) is 4. The molecule has 5 nitrogen and oxygen atoms in total. The van der Waals surface area contributed by atoms with Crippen LogP contribution in [-0.4, -0.2) is 14.2 Å². The van der Waals surface area contributed by atoms with Gasteiger partial charge < -0.3 is 4.57 Å². The second-order valence-electron chi connectivity index (χ2n) is 7.61. The molecule has 32 heavy (non-hydrogen) atoms. The van der Waals surface area contributed by atoms with Gasteiger partial charge in [-0.15, -0.1) is 0 Å². The number of aryl methyl sites for hydroxylation is 2. The Kier molecular flexibility index (Phi) is 4.38. The Bertz CT molecular complexity index is 1640. The van der Waals surface area contributed by atoms with E-state index < -0.39 is 11.6 Å². The molecule has 3 aromatic carbocycles. The number of hydrogen-bond donors (Lipinski definition) is 0. The van der Waals surface area contributed by atoms with Gasteiger partial charge >= 0.3 is 0 Å². The van der Waals surface area contributed by atoms with E-state index in [0.717, 1.165) is 17.2 Å². The second kappa shape index (κ2) is 7.13. The number of halogens is 2. The summed E-state index contributed by atoms with van der Waals surface area (Å²) in [6, 6.07) is 18.1. The standard InChI is InChI=1S/C25H16F2N4O/c1-14-23(19-10-8-18(26)12-21(19)27)24-30(2)22-11-17(16-5-3-15(13-28)4-6-16)7-9-20(22)25(32)31(24)29-14/h3-12H,1-2H3. The molecule has 0 aliphatic rings. The van der Waals surface area contributed by atoms with Crippen LogP contribution in [0.5, 0.6) is 0 Å². The number of fused-ring (bicyclic) bond motifs is 2. The van der Waals surface area contributed by atoms with Crippen LogP contribution in [0.2, 0.25) is 0 Å². The Hall–Kier alpha value is -4.31. The van der Waals surface area contributed by atoms with E-state index in [0.29, 0.717) is 33.4 Å². The van der Waals surface area contributed by atoms with Crippen LogP contribution in [-0.2, 0) is 7.05 Å². The van der Waals surface area contributed by atoms with Crippen LogP contribution in [0.25, 0.3) is 38.8 Å². The van der Waals surface area contributed by atoms with Crippen molar-refractivity contribution in [1.82, 2.24) is 14.2 Å². The van der Waals surface area contributed by atoms with Gasteiger partial charge in [-0.3, -0.25) is 4.79 Å². The Labute approximate surface area is 181 Å². The lowest BCUT2D eigenvalue weighted by molar-refractivity contribution is 0.585. The van der Waals surface area contributed by atoms with Crippen molar-refractivity contribution in [3.05, 3.63) is 93.9 Å². The molecule has 0 amide bonds. The van der Waals surface area contributed by atoms with E-state index >= 15 is 0 Å². The van der Waals surface area contributed by atoms with Crippen molar-refractivity contribution < 1.29 is 8.78 Å². The molecular formula is C25H16F2N4O. The maximum absolute atomic E-state index is 14.6. The van der Waals surface area contributed by atoms with E-state index in [-0.39, 0.29) is 11.1 Å². The predicted molar refractivity (Wildman–Crippen MR) is 118 cm³/mol. The van der Waals surface area contributed by atoms with Gasteiger partial charge in [0.1, 0.15) is 17.3 Å². The minimum atomic E-state index is -0.720. The summed E-state index contributed by atoms with van der Waals surface area (Å²) in [7, 11) is 1.78. The molecule has 5 rings (SSSR count). The number of nitriles is 1. The van der Waals surface area contributed by atoms with Crippen LogP contribution in [0.15, 0.2) is 65.5 Å². The quantitative estimate of drug-likeness (QED) is 0.400. The molecule has 0 fully saturated rings. The Morgan fingerprint density at radius 2 is 1.69 bits per heavy atom. The van der Waals surface area contributed by atoms with Crippen LogP contribution in [0.1, 0.15) is 11.3 Å². The summed E-state index contributed by atoms with van der Waals surface area (Å²) in [5, 5.41) is 13.8. The molecule has 0 bridgehead atoms. The lowest BCUT2D eigenvalue weighted by Crippen LogP contribution is -2.18. The zero-order valence-electron chi connectivity index (χ0n) is 17.2. The second-order valence-corrected chi connectivity index (χ2v) is 7.61. The number of hydrogen-bond acceptors (Lipinski definition) is 3. The molecule has 5 aromatic rings. The zero-order chi connectivity index (χ0) is 22.6. The van der Waals surface area contributed by atoms with Gasteiger partial charge in [0.25, 0.3) is 5.56 Å². The predicted octanol–water partition coefficient (Wildman–Crippen LogP) is 4.98. The molecule has 156 valence electrons. The first-order valence-electron chi connectivity index (χ1n) is 9.87. The van der Waals surface area contributed by atoms with Gasteiger partial charge in [0.2, 0.25) is 0 Å². The molecular weight excluding hydrogens is 410 g/mol. The van der Waals surface area contributed by atoms with E-state index in [1.54, 1.807) is 36.7 Å². The van der Waals surface area contributed by atoms with Crippen molar-refractivity contribution in [2.45, 2.75) is 6.92 Å². The van der Waals surface area contributed by atoms with Crippen molar-refractivity contribution in [2.75, 3.05) is 0 Å². The average Bonchev–Trinajstić information content (AvgIpc) is 3.14. The van der Waals surface area contributed by atoms with Crippen molar-refractivity contribution in [1.29, 1.82) is 5.26 Å². The minimum absolute atomic E-state index is 0.177. The van der Waals surface area contributed by atoms with Crippen LogP contribution >= 0.6 is 0 Å². The number of rotatable bonds is 2. The van der Waals surface area contributed by atoms with Gasteiger partial charge in [-0.25, -0.2) is 8.78 Å². The summed E-state index contributed by atoms with van der Waals surface area (Å²) in [6.45, 7) is 1.69. The maximum atomic E-state index is 14.6. The topological polar surface area (TPSA) is 63.1 Å². The lowest BCUT2D eigenvalue weighted by Gasteiger charge is -2.12. The fourth-order valence-electron chi connectivity index (χ4n) is 4.11. The first kappa shape index (κ1) is 19.6. The molecule has 7 heteroatoms. The molecule has 0 aliphatic carbocycles. The Balaban J connectivity index is 1.82. The average molecular weight is 426 g/mol. The van der Waals surface area contributed by atoms with Crippen molar-refractivity contribution >= 4 is 16.6 Å². The summed E-state index contributed by atoms with van der Waals surface area (Å²) in [6.07, 6.45) is 0. The highest BCUT2D eigenvalue weighted by molar-refractivity contribution is 5.89. The first-order chi connectivity index (χ1) is 15.4. The van der Waals surface area contributed by atoms with Crippen molar-refractivity contribution in [2.24, 2.45) is 7.05 Å². The number of aromatic nitrogens is 3. The summed E-state index contributed by atoms with van der Waals surface area (Å²) in [5.41, 5.74) is 4.14. The summed E-state index contributed by atoms with van der Waals surface area (Å²) >= 11 is 0. The van der Waals surface area contributed by atoms with Crippen LogP contribution in [0.4, 0.5) is 8.78 Å². The first-order valence-corrected chi connectivity index (χ1v) is 9.87. The molecule has 0 radical (unpaired) electrons. The van der Waals surface area contributed by atoms with Gasteiger partial charge in [-0.05, 0) is 54.4 Å². The Morgan fingerprint density at radius 3 is 2.38 bits per heavy atom. The van der Waals surface area contributed by atoms with Gasteiger partial charge in [0.05, 0.1) is 33.8 Å². The molecule has 0 aliphatic heterocycles. The zero-order valence-corrected chi connectivity index (χ0v) is 17.2. The van der Waals surface area contributed by atoms with E-state index in [4.69, 9.17) is 5.26 Å². The third kappa shape index (κ3) is 2.88.